The topological polar surface area (TPSA) is 47.6 Å². The normalized spacial score (nSPS) is 10.2. The van der Waals surface area contributed by atoms with Crippen LogP contribution in [0.5, 0.6) is 11.5 Å². The van der Waals surface area contributed by atoms with Gasteiger partial charge in [-0.3, -0.25) is 4.79 Å². The van der Waals surface area contributed by atoms with Crippen LogP contribution in [0.25, 0.3) is 0 Å². The molecule has 6 heteroatoms. The second kappa shape index (κ2) is 7.26. The number of halogens is 2. The summed E-state index contributed by atoms with van der Waals surface area (Å²) in [6.07, 6.45) is 0. The summed E-state index contributed by atoms with van der Waals surface area (Å²) >= 11 is 3.27. The molecular weight excluding hydrogens is 353 g/mol. The molecule has 0 fully saturated rings. The van der Waals surface area contributed by atoms with Gasteiger partial charge in [-0.05, 0) is 36.4 Å². The van der Waals surface area contributed by atoms with Crippen LogP contribution in [0.3, 0.4) is 0 Å². The molecule has 0 saturated carbocycles. The van der Waals surface area contributed by atoms with Crippen LogP contribution in [0.2, 0.25) is 0 Å². The molecule has 2 rings (SSSR count). The first-order valence-electron chi connectivity index (χ1n) is 6.49. The van der Waals surface area contributed by atoms with E-state index in [0.717, 1.165) is 4.47 Å². The molecule has 0 radical (unpaired) electrons. The minimum atomic E-state index is -0.374. The maximum absolute atomic E-state index is 13.7. The van der Waals surface area contributed by atoms with Crippen LogP contribution < -0.4 is 14.8 Å². The van der Waals surface area contributed by atoms with E-state index >= 15 is 0 Å². The number of hydrogen-bond donors (Lipinski definition) is 1. The molecule has 2 aromatic rings. The molecule has 22 heavy (non-hydrogen) atoms. The molecule has 0 aliphatic carbocycles. The number of benzene rings is 2. The van der Waals surface area contributed by atoms with E-state index in [4.69, 9.17) is 9.47 Å². The van der Waals surface area contributed by atoms with Gasteiger partial charge in [0.1, 0.15) is 17.3 Å². The molecule has 0 saturated heterocycles. The van der Waals surface area contributed by atoms with Gasteiger partial charge in [0.2, 0.25) is 0 Å². The van der Waals surface area contributed by atoms with Gasteiger partial charge >= 0.3 is 0 Å². The highest BCUT2D eigenvalue weighted by molar-refractivity contribution is 9.10. The molecule has 0 aromatic heterocycles. The van der Waals surface area contributed by atoms with Gasteiger partial charge in [0.15, 0.2) is 0 Å². The Morgan fingerprint density at radius 3 is 2.64 bits per heavy atom. The molecule has 0 atom stereocenters. The van der Waals surface area contributed by atoms with E-state index in [1.807, 2.05) is 0 Å². The zero-order valence-corrected chi connectivity index (χ0v) is 13.7. The van der Waals surface area contributed by atoms with Crippen molar-refractivity contribution in [2.24, 2.45) is 0 Å². The van der Waals surface area contributed by atoms with Crippen LogP contribution in [0.15, 0.2) is 40.9 Å². The summed E-state index contributed by atoms with van der Waals surface area (Å²) < 4.78 is 24.7. The Hall–Kier alpha value is -2.08. The number of ether oxygens (including phenoxy) is 2. The van der Waals surface area contributed by atoms with Crippen LogP contribution in [-0.4, -0.2) is 20.1 Å². The number of nitrogens with one attached hydrogen (secondary N) is 1. The van der Waals surface area contributed by atoms with Crippen molar-refractivity contribution in [1.29, 1.82) is 0 Å². The molecule has 0 spiro atoms. The minimum Gasteiger partial charge on any atom is -0.497 e. The molecular formula is C16H15BrFNO3. The Balaban J connectivity index is 2.17. The lowest BCUT2D eigenvalue weighted by molar-refractivity contribution is 0.0947. The maximum Gasteiger partial charge on any atom is 0.255 e. The summed E-state index contributed by atoms with van der Waals surface area (Å²) in [6.45, 7) is 0.0739. The third-order valence-electron chi connectivity index (χ3n) is 3.10. The van der Waals surface area contributed by atoms with E-state index in [9.17, 15) is 9.18 Å². The maximum atomic E-state index is 13.7. The summed E-state index contributed by atoms with van der Waals surface area (Å²) in [6, 6.07) is 9.49. The van der Waals surface area contributed by atoms with Crippen LogP contribution in [0, 0.1) is 5.82 Å². The largest absolute Gasteiger partial charge is 0.497 e. The second-order valence-corrected chi connectivity index (χ2v) is 5.40. The van der Waals surface area contributed by atoms with Gasteiger partial charge in [0.05, 0.1) is 19.8 Å². The quantitative estimate of drug-likeness (QED) is 0.879. The first kappa shape index (κ1) is 16.3. The third kappa shape index (κ3) is 3.76. The fraction of sp³-hybridized carbons (Fsp3) is 0.188. The van der Waals surface area contributed by atoms with E-state index < -0.39 is 0 Å². The molecule has 0 aliphatic rings. The van der Waals surface area contributed by atoms with E-state index in [1.165, 1.54) is 20.3 Å². The lowest BCUT2D eigenvalue weighted by Gasteiger charge is -2.11. The molecule has 4 nitrogen and oxygen atoms in total. The fourth-order valence-corrected chi connectivity index (χ4v) is 2.35. The standard InChI is InChI=1S/C16H15BrFNO3/c1-21-12-4-6-15(22-2)13(8-12)16(20)19-9-10-7-11(17)3-5-14(10)18/h3-8H,9H2,1-2H3,(H,19,20). The second-order valence-electron chi connectivity index (χ2n) is 4.48. The SMILES string of the molecule is COc1ccc(OC)c(C(=O)NCc2cc(Br)ccc2F)c1. The third-order valence-corrected chi connectivity index (χ3v) is 3.59. The van der Waals surface area contributed by atoms with Crippen molar-refractivity contribution in [3.8, 4) is 11.5 Å². The monoisotopic (exact) mass is 367 g/mol. The van der Waals surface area contributed by atoms with Crippen LogP contribution in [0.1, 0.15) is 15.9 Å². The summed E-state index contributed by atoms with van der Waals surface area (Å²) in [4.78, 5) is 12.3. The number of carbonyl (C=O) groups is 1. The lowest BCUT2D eigenvalue weighted by Crippen LogP contribution is -2.24. The average Bonchev–Trinajstić information content (AvgIpc) is 2.54. The van der Waals surface area contributed by atoms with Crippen molar-refractivity contribution in [3.05, 3.63) is 57.8 Å². The van der Waals surface area contributed by atoms with E-state index in [1.54, 1.807) is 30.3 Å². The summed E-state index contributed by atoms with van der Waals surface area (Å²) in [5.41, 5.74) is 0.724. The Kier molecular flexibility index (Phi) is 5.38. The molecule has 0 unspecified atom stereocenters. The van der Waals surface area contributed by atoms with Gasteiger partial charge < -0.3 is 14.8 Å². The molecule has 1 N–H and O–H groups in total. The highest BCUT2D eigenvalue weighted by Crippen LogP contribution is 2.24. The van der Waals surface area contributed by atoms with Gasteiger partial charge in [0, 0.05) is 16.6 Å². The van der Waals surface area contributed by atoms with Crippen molar-refractivity contribution in [2.75, 3.05) is 14.2 Å². The van der Waals surface area contributed by atoms with E-state index in [0.29, 0.717) is 22.6 Å². The molecule has 2 aromatic carbocycles. The average molecular weight is 368 g/mol. The van der Waals surface area contributed by atoms with Crippen LogP contribution in [0.4, 0.5) is 4.39 Å². The van der Waals surface area contributed by atoms with Crippen molar-refractivity contribution >= 4 is 21.8 Å². The highest BCUT2D eigenvalue weighted by Gasteiger charge is 2.14. The zero-order chi connectivity index (χ0) is 16.1. The van der Waals surface area contributed by atoms with Crippen molar-refractivity contribution in [3.63, 3.8) is 0 Å². The number of hydrogen-bond acceptors (Lipinski definition) is 3. The van der Waals surface area contributed by atoms with Crippen LogP contribution >= 0.6 is 15.9 Å². The van der Waals surface area contributed by atoms with Gasteiger partial charge in [-0.2, -0.15) is 0 Å². The Morgan fingerprint density at radius 2 is 1.95 bits per heavy atom. The van der Waals surface area contributed by atoms with Gasteiger partial charge in [0.25, 0.3) is 5.91 Å². The number of rotatable bonds is 5. The molecule has 0 aliphatic heterocycles. The predicted octanol–water partition coefficient (Wildman–Crippen LogP) is 3.54. The summed E-state index contributed by atoms with van der Waals surface area (Å²) in [7, 11) is 2.99. The number of methoxy groups -OCH3 is 2. The fourth-order valence-electron chi connectivity index (χ4n) is 1.94. The number of carbonyl (C=O) groups excluding carboxylic acids is 1. The van der Waals surface area contributed by atoms with E-state index in [2.05, 4.69) is 21.2 Å². The zero-order valence-electron chi connectivity index (χ0n) is 12.2. The van der Waals surface area contributed by atoms with Crippen molar-refractivity contribution < 1.29 is 18.7 Å². The molecule has 1 amide bonds. The van der Waals surface area contributed by atoms with Crippen molar-refractivity contribution in [2.45, 2.75) is 6.54 Å². The Labute approximate surface area is 136 Å². The smallest absolute Gasteiger partial charge is 0.255 e. The molecule has 0 bridgehead atoms. The van der Waals surface area contributed by atoms with Gasteiger partial charge in [-0.25, -0.2) is 4.39 Å². The van der Waals surface area contributed by atoms with E-state index in [-0.39, 0.29) is 18.3 Å². The Morgan fingerprint density at radius 1 is 1.18 bits per heavy atom. The first-order valence-corrected chi connectivity index (χ1v) is 7.28. The number of amides is 1. The van der Waals surface area contributed by atoms with Crippen molar-refractivity contribution in [1.82, 2.24) is 5.32 Å². The lowest BCUT2D eigenvalue weighted by atomic mass is 10.1. The van der Waals surface area contributed by atoms with Gasteiger partial charge in [-0.1, -0.05) is 15.9 Å². The molecule has 116 valence electrons. The highest BCUT2D eigenvalue weighted by atomic mass is 79.9. The first-order chi connectivity index (χ1) is 10.5. The molecule has 0 heterocycles. The van der Waals surface area contributed by atoms with Crippen LogP contribution in [-0.2, 0) is 6.54 Å². The summed E-state index contributed by atoms with van der Waals surface area (Å²) in [5.74, 6) is 0.226. The predicted molar refractivity (Wildman–Crippen MR) is 84.8 cm³/mol. The van der Waals surface area contributed by atoms with Gasteiger partial charge in [-0.15, -0.1) is 0 Å². The summed E-state index contributed by atoms with van der Waals surface area (Å²) in [5, 5.41) is 2.67. The Bertz CT molecular complexity index is 691. The minimum absolute atomic E-state index is 0.0739.